The Hall–Kier alpha value is -2.75. The maximum Gasteiger partial charge on any atom is 0.257 e. The summed E-state index contributed by atoms with van der Waals surface area (Å²) in [4.78, 5) is 15.1. The Morgan fingerprint density at radius 3 is 2.41 bits per heavy atom. The zero-order valence-corrected chi connectivity index (χ0v) is 16.9. The molecule has 0 spiro atoms. The lowest BCUT2D eigenvalue weighted by molar-refractivity contribution is 0.0749. The molecule has 144 valence electrons. The van der Waals surface area contributed by atoms with Crippen LogP contribution in [-0.2, 0) is 6.54 Å². The number of hydrogen-bond acceptors (Lipinski definition) is 3. The predicted octanol–water partition coefficient (Wildman–Crippen LogP) is 5.13. The van der Waals surface area contributed by atoms with Crippen LogP contribution in [0.1, 0.15) is 53.7 Å². The van der Waals surface area contributed by atoms with E-state index < -0.39 is 0 Å². The first-order valence-electron chi connectivity index (χ1n) is 9.21. The van der Waals surface area contributed by atoms with Gasteiger partial charge in [0.1, 0.15) is 11.5 Å². The topological polar surface area (TPSA) is 38.8 Å². The van der Waals surface area contributed by atoms with E-state index in [4.69, 9.17) is 9.47 Å². The molecule has 0 unspecified atom stereocenters. The van der Waals surface area contributed by atoms with Crippen LogP contribution in [0.4, 0.5) is 0 Å². The van der Waals surface area contributed by atoms with E-state index in [2.05, 4.69) is 20.4 Å². The standard InChI is InChI=1S/C23H29NO3/c1-7-17-10-9-11-18(12-17)15-24(8-2)23(25)20-13-19(16(3)4)21(26-5)14-22(20)27-6/h7,9-14,16H,1,8,15H2,2-6H3. The van der Waals surface area contributed by atoms with Gasteiger partial charge in [-0.2, -0.15) is 0 Å². The van der Waals surface area contributed by atoms with Crippen molar-refractivity contribution in [3.63, 3.8) is 0 Å². The van der Waals surface area contributed by atoms with Gasteiger partial charge in [0, 0.05) is 19.2 Å². The second-order valence-corrected chi connectivity index (χ2v) is 6.72. The summed E-state index contributed by atoms with van der Waals surface area (Å²) >= 11 is 0. The van der Waals surface area contributed by atoms with Crippen molar-refractivity contribution in [3.05, 3.63) is 65.2 Å². The van der Waals surface area contributed by atoms with E-state index in [0.717, 1.165) is 22.4 Å². The zero-order valence-electron chi connectivity index (χ0n) is 16.9. The lowest BCUT2D eigenvalue weighted by Gasteiger charge is -2.24. The number of hydrogen-bond donors (Lipinski definition) is 0. The summed E-state index contributed by atoms with van der Waals surface area (Å²) in [6.07, 6.45) is 1.81. The highest BCUT2D eigenvalue weighted by Gasteiger charge is 2.22. The quantitative estimate of drug-likeness (QED) is 0.649. The van der Waals surface area contributed by atoms with Crippen molar-refractivity contribution in [1.29, 1.82) is 0 Å². The van der Waals surface area contributed by atoms with Crippen LogP contribution in [0.2, 0.25) is 0 Å². The van der Waals surface area contributed by atoms with Gasteiger partial charge in [0.05, 0.1) is 19.8 Å². The normalized spacial score (nSPS) is 10.6. The van der Waals surface area contributed by atoms with E-state index in [0.29, 0.717) is 24.4 Å². The second-order valence-electron chi connectivity index (χ2n) is 6.72. The third kappa shape index (κ3) is 4.70. The molecule has 0 aliphatic carbocycles. The highest BCUT2D eigenvalue weighted by atomic mass is 16.5. The number of methoxy groups -OCH3 is 2. The second kappa shape index (κ2) is 9.26. The van der Waals surface area contributed by atoms with Gasteiger partial charge in [-0.3, -0.25) is 4.79 Å². The van der Waals surface area contributed by atoms with Crippen LogP contribution < -0.4 is 9.47 Å². The van der Waals surface area contributed by atoms with Crippen molar-refractivity contribution in [2.75, 3.05) is 20.8 Å². The van der Waals surface area contributed by atoms with Gasteiger partial charge in [-0.15, -0.1) is 0 Å². The lowest BCUT2D eigenvalue weighted by atomic mass is 9.98. The van der Waals surface area contributed by atoms with Gasteiger partial charge in [-0.25, -0.2) is 0 Å². The molecule has 2 aromatic rings. The summed E-state index contributed by atoms with van der Waals surface area (Å²) in [5.41, 5.74) is 3.66. The van der Waals surface area contributed by atoms with E-state index in [1.807, 2.05) is 48.2 Å². The molecule has 0 N–H and O–H groups in total. The van der Waals surface area contributed by atoms with Crippen LogP contribution in [0.25, 0.3) is 6.08 Å². The third-order valence-corrected chi connectivity index (χ3v) is 4.63. The summed E-state index contributed by atoms with van der Waals surface area (Å²) in [5, 5.41) is 0. The Bertz CT molecular complexity index is 811. The molecule has 0 heterocycles. The van der Waals surface area contributed by atoms with Crippen LogP contribution in [0.5, 0.6) is 11.5 Å². The Balaban J connectivity index is 2.40. The molecule has 0 fully saturated rings. The Kier molecular flexibility index (Phi) is 7.05. The molecular formula is C23H29NO3. The van der Waals surface area contributed by atoms with Gasteiger partial charge in [0.15, 0.2) is 0 Å². The van der Waals surface area contributed by atoms with Crippen molar-refractivity contribution in [2.45, 2.75) is 33.2 Å². The molecule has 2 aromatic carbocycles. The lowest BCUT2D eigenvalue weighted by Crippen LogP contribution is -2.30. The van der Waals surface area contributed by atoms with Crippen LogP contribution in [0, 0.1) is 0 Å². The summed E-state index contributed by atoms with van der Waals surface area (Å²) in [6.45, 7) is 11.1. The number of rotatable bonds is 8. The summed E-state index contributed by atoms with van der Waals surface area (Å²) < 4.78 is 11.0. The first-order chi connectivity index (χ1) is 12.9. The van der Waals surface area contributed by atoms with E-state index in [1.165, 1.54) is 0 Å². The number of ether oxygens (including phenoxy) is 2. The Labute approximate surface area is 162 Å². The SMILES string of the molecule is C=Cc1cccc(CN(CC)C(=O)c2cc(C(C)C)c(OC)cc2OC)c1. The molecule has 0 aromatic heterocycles. The summed E-state index contributed by atoms with van der Waals surface area (Å²) in [7, 11) is 3.21. The first kappa shape index (κ1) is 20.6. The molecule has 0 bridgehead atoms. The van der Waals surface area contributed by atoms with Gasteiger partial charge in [-0.05, 0) is 41.7 Å². The maximum atomic E-state index is 13.3. The zero-order chi connectivity index (χ0) is 20.0. The molecule has 2 rings (SSSR count). The van der Waals surface area contributed by atoms with Crippen molar-refractivity contribution in [3.8, 4) is 11.5 Å². The molecule has 0 radical (unpaired) electrons. The fourth-order valence-electron chi connectivity index (χ4n) is 3.08. The highest BCUT2D eigenvalue weighted by molar-refractivity contribution is 5.97. The number of carbonyl (C=O) groups excluding carboxylic acids is 1. The fourth-order valence-corrected chi connectivity index (χ4v) is 3.08. The van der Waals surface area contributed by atoms with Gasteiger partial charge in [-0.1, -0.05) is 44.7 Å². The predicted molar refractivity (Wildman–Crippen MR) is 111 cm³/mol. The smallest absolute Gasteiger partial charge is 0.257 e. The molecule has 1 amide bonds. The van der Waals surface area contributed by atoms with E-state index in [1.54, 1.807) is 20.3 Å². The molecule has 0 saturated heterocycles. The van der Waals surface area contributed by atoms with Crippen LogP contribution in [0.15, 0.2) is 43.0 Å². The van der Waals surface area contributed by atoms with Crippen molar-refractivity contribution < 1.29 is 14.3 Å². The van der Waals surface area contributed by atoms with E-state index in [9.17, 15) is 4.79 Å². The number of carbonyl (C=O) groups is 1. The monoisotopic (exact) mass is 367 g/mol. The summed E-state index contributed by atoms with van der Waals surface area (Å²) in [6, 6.07) is 11.7. The molecule has 4 nitrogen and oxygen atoms in total. The Morgan fingerprint density at radius 2 is 1.85 bits per heavy atom. The number of benzene rings is 2. The highest BCUT2D eigenvalue weighted by Crippen LogP contribution is 2.34. The largest absolute Gasteiger partial charge is 0.496 e. The molecule has 0 aliphatic rings. The molecule has 0 saturated carbocycles. The molecule has 27 heavy (non-hydrogen) atoms. The molecule has 4 heteroatoms. The van der Waals surface area contributed by atoms with Gasteiger partial charge in [0.25, 0.3) is 5.91 Å². The van der Waals surface area contributed by atoms with Crippen molar-refractivity contribution in [1.82, 2.24) is 4.90 Å². The van der Waals surface area contributed by atoms with Gasteiger partial charge >= 0.3 is 0 Å². The third-order valence-electron chi connectivity index (χ3n) is 4.63. The van der Waals surface area contributed by atoms with Crippen LogP contribution in [0.3, 0.4) is 0 Å². The average molecular weight is 367 g/mol. The Morgan fingerprint density at radius 1 is 1.15 bits per heavy atom. The maximum absolute atomic E-state index is 13.3. The fraction of sp³-hybridized carbons (Fsp3) is 0.348. The first-order valence-corrected chi connectivity index (χ1v) is 9.21. The minimum atomic E-state index is -0.0529. The van der Waals surface area contributed by atoms with Crippen molar-refractivity contribution >= 4 is 12.0 Å². The number of nitrogens with zero attached hydrogens (tertiary/aromatic N) is 1. The minimum absolute atomic E-state index is 0.0529. The summed E-state index contributed by atoms with van der Waals surface area (Å²) in [5.74, 6) is 1.44. The average Bonchev–Trinajstić information content (AvgIpc) is 2.70. The van der Waals surface area contributed by atoms with Gasteiger partial charge < -0.3 is 14.4 Å². The number of amides is 1. The molecule has 0 aliphatic heterocycles. The van der Waals surface area contributed by atoms with Gasteiger partial charge in [0.2, 0.25) is 0 Å². The van der Waals surface area contributed by atoms with E-state index in [-0.39, 0.29) is 11.8 Å². The van der Waals surface area contributed by atoms with E-state index >= 15 is 0 Å². The van der Waals surface area contributed by atoms with Crippen LogP contribution in [-0.4, -0.2) is 31.6 Å². The molecular weight excluding hydrogens is 338 g/mol. The van der Waals surface area contributed by atoms with Crippen LogP contribution >= 0.6 is 0 Å². The van der Waals surface area contributed by atoms with Crippen molar-refractivity contribution in [2.24, 2.45) is 0 Å². The minimum Gasteiger partial charge on any atom is -0.496 e. The molecule has 0 atom stereocenters.